The van der Waals surface area contributed by atoms with E-state index in [1.807, 2.05) is 30.3 Å². The predicted molar refractivity (Wildman–Crippen MR) is 81.6 cm³/mol. The molecule has 1 atom stereocenters. The maximum Gasteiger partial charge on any atom is 0.220 e. The monoisotopic (exact) mass is 278 g/mol. The molecule has 0 spiro atoms. The molecule has 1 aromatic carbocycles. The van der Waals surface area contributed by atoms with E-state index in [2.05, 4.69) is 12.2 Å². The van der Waals surface area contributed by atoms with Gasteiger partial charge < -0.3 is 15.8 Å². The summed E-state index contributed by atoms with van der Waals surface area (Å²) in [5, 5.41) is 2.92. The second-order valence-corrected chi connectivity index (χ2v) is 5.09. The third kappa shape index (κ3) is 7.79. The molecule has 0 fully saturated rings. The second-order valence-electron chi connectivity index (χ2n) is 5.09. The summed E-state index contributed by atoms with van der Waals surface area (Å²) in [5.74, 6) is 1.51. The van der Waals surface area contributed by atoms with E-state index >= 15 is 0 Å². The van der Waals surface area contributed by atoms with Crippen molar-refractivity contribution in [1.82, 2.24) is 5.32 Å². The van der Waals surface area contributed by atoms with Gasteiger partial charge in [-0.2, -0.15) is 0 Å². The fourth-order valence-corrected chi connectivity index (χ4v) is 1.90. The van der Waals surface area contributed by atoms with E-state index in [-0.39, 0.29) is 5.91 Å². The van der Waals surface area contributed by atoms with Crippen LogP contribution in [0.25, 0.3) is 0 Å². The second kappa shape index (κ2) is 10.3. The lowest BCUT2D eigenvalue weighted by molar-refractivity contribution is -0.121. The Morgan fingerprint density at radius 3 is 2.75 bits per heavy atom. The van der Waals surface area contributed by atoms with Crippen LogP contribution in [0.4, 0.5) is 0 Å². The molecule has 1 amide bonds. The maximum atomic E-state index is 11.6. The number of benzene rings is 1. The molecule has 0 saturated carbocycles. The van der Waals surface area contributed by atoms with Crippen molar-refractivity contribution in [3.63, 3.8) is 0 Å². The molecule has 1 rings (SSSR count). The van der Waals surface area contributed by atoms with Crippen LogP contribution in [0.5, 0.6) is 5.75 Å². The molecule has 1 aromatic rings. The van der Waals surface area contributed by atoms with Crippen LogP contribution in [0.15, 0.2) is 30.3 Å². The van der Waals surface area contributed by atoms with Crippen LogP contribution >= 0.6 is 0 Å². The van der Waals surface area contributed by atoms with Crippen molar-refractivity contribution in [3.8, 4) is 5.75 Å². The Morgan fingerprint density at radius 2 is 2.05 bits per heavy atom. The van der Waals surface area contributed by atoms with Gasteiger partial charge in [0.25, 0.3) is 0 Å². The molecule has 0 heterocycles. The number of carbonyl (C=O) groups is 1. The average Bonchev–Trinajstić information content (AvgIpc) is 2.46. The molecule has 4 nitrogen and oxygen atoms in total. The first-order valence-corrected chi connectivity index (χ1v) is 7.37. The predicted octanol–water partition coefficient (Wildman–Crippen LogP) is 2.34. The number of amides is 1. The van der Waals surface area contributed by atoms with Crippen molar-refractivity contribution in [2.75, 3.05) is 19.7 Å². The summed E-state index contributed by atoms with van der Waals surface area (Å²) in [7, 11) is 0. The fraction of sp³-hybridized carbons (Fsp3) is 0.562. The fourth-order valence-electron chi connectivity index (χ4n) is 1.90. The van der Waals surface area contributed by atoms with Crippen LogP contribution < -0.4 is 15.8 Å². The van der Waals surface area contributed by atoms with Gasteiger partial charge in [-0.15, -0.1) is 0 Å². The molecular formula is C16H26N2O2. The van der Waals surface area contributed by atoms with Gasteiger partial charge in [-0.1, -0.05) is 25.1 Å². The van der Waals surface area contributed by atoms with Gasteiger partial charge in [-0.3, -0.25) is 4.79 Å². The molecule has 0 saturated heterocycles. The van der Waals surface area contributed by atoms with Crippen LogP contribution in [0, 0.1) is 5.92 Å². The molecule has 0 aliphatic heterocycles. The summed E-state index contributed by atoms with van der Waals surface area (Å²) in [6.07, 6.45) is 3.29. The van der Waals surface area contributed by atoms with Crippen LogP contribution in [0.1, 0.15) is 32.6 Å². The van der Waals surface area contributed by atoms with Crippen molar-refractivity contribution >= 4 is 5.91 Å². The number of hydrogen-bond donors (Lipinski definition) is 2. The number of hydrogen-bond acceptors (Lipinski definition) is 3. The highest BCUT2D eigenvalue weighted by atomic mass is 16.5. The highest BCUT2D eigenvalue weighted by Crippen LogP contribution is 2.09. The number of para-hydroxylation sites is 1. The van der Waals surface area contributed by atoms with E-state index in [1.54, 1.807) is 0 Å². The van der Waals surface area contributed by atoms with Crippen molar-refractivity contribution in [1.29, 1.82) is 0 Å². The number of nitrogens with one attached hydrogen (secondary N) is 1. The Hall–Kier alpha value is -1.55. The van der Waals surface area contributed by atoms with E-state index in [9.17, 15) is 4.79 Å². The van der Waals surface area contributed by atoms with Crippen molar-refractivity contribution < 1.29 is 9.53 Å². The van der Waals surface area contributed by atoms with Gasteiger partial charge in [0, 0.05) is 13.0 Å². The first-order valence-electron chi connectivity index (χ1n) is 7.37. The zero-order valence-electron chi connectivity index (χ0n) is 12.3. The molecule has 1 unspecified atom stereocenters. The minimum absolute atomic E-state index is 0.119. The highest BCUT2D eigenvalue weighted by molar-refractivity contribution is 5.75. The normalized spacial score (nSPS) is 11.9. The Labute approximate surface area is 121 Å². The van der Waals surface area contributed by atoms with E-state index in [0.717, 1.165) is 25.0 Å². The van der Waals surface area contributed by atoms with Gasteiger partial charge >= 0.3 is 0 Å². The van der Waals surface area contributed by atoms with Crippen LogP contribution in [0.2, 0.25) is 0 Å². The summed E-state index contributed by atoms with van der Waals surface area (Å²) in [4.78, 5) is 11.6. The summed E-state index contributed by atoms with van der Waals surface area (Å²) in [6, 6.07) is 9.70. The molecule has 0 aromatic heterocycles. The first-order chi connectivity index (χ1) is 9.72. The molecule has 0 aliphatic carbocycles. The Balaban J connectivity index is 1.99. The molecule has 0 radical (unpaired) electrons. The van der Waals surface area contributed by atoms with Gasteiger partial charge in [0.1, 0.15) is 5.75 Å². The number of carbonyl (C=O) groups excluding carboxylic acids is 1. The topological polar surface area (TPSA) is 64.4 Å². The van der Waals surface area contributed by atoms with Crippen LogP contribution in [0.3, 0.4) is 0 Å². The third-order valence-electron chi connectivity index (χ3n) is 3.18. The Bertz CT molecular complexity index is 368. The lowest BCUT2D eigenvalue weighted by Gasteiger charge is -2.10. The molecule has 3 N–H and O–H groups in total. The smallest absolute Gasteiger partial charge is 0.220 e. The molecule has 0 aliphatic rings. The third-order valence-corrected chi connectivity index (χ3v) is 3.18. The maximum absolute atomic E-state index is 11.6. The minimum atomic E-state index is 0.119. The Kier molecular flexibility index (Phi) is 8.47. The summed E-state index contributed by atoms with van der Waals surface area (Å²) in [5.41, 5.74) is 5.48. The standard InChI is InChI=1S/C16H26N2O2/c1-14(10-11-17)8-9-16(19)18-12-5-13-20-15-6-3-2-4-7-15/h2-4,6-7,14H,5,8-13,17H2,1H3,(H,18,19). The zero-order chi connectivity index (χ0) is 14.6. The van der Waals surface area contributed by atoms with Gasteiger partial charge in [0.2, 0.25) is 5.91 Å². The quantitative estimate of drug-likeness (QED) is 0.646. The number of nitrogens with two attached hydrogens (primary N) is 1. The molecule has 20 heavy (non-hydrogen) atoms. The van der Waals surface area contributed by atoms with E-state index < -0.39 is 0 Å². The van der Waals surface area contributed by atoms with Gasteiger partial charge in [-0.25, -0.2) is 0 Å². The van der Waals surface area contributed by atoms with Gasteiger partial charge in [0.15, 0.2) is 0 Å². The lowest BCUT2D eigenvalue weighted by atomic mass is 10.0. The first kappa shape index (κ1) is 16.5. The number of rotatable bonds is 10. The summed E-state index contributed by atoms with van der Waals surface area (Å²) in [6.45, 7) is 4.11. The van der Waals surface area contributed by atoms with Crippen LogP contribution in [-0.2, 0) is 4.79 Å². The lowest BCUT2D eigenvalue weighted by Crippen LogP contribution is -2.25. The SMILES string of the molecule is CC(CCN)CCC(=O)NCCCOc1ccccc1. The summed E-state index contributed by atoms with van der Waals surface area (Å²) >= 11 is 0. The van der Waals surface area contributed by atoms with Crippen molar-refractivity contribution in [3.05, 3.63) is 30.3 Å². The van der Waals surface area contributed by atoms with E-state index in [4.69, 9.17) is 10.5 Å². The Morgan fingerprint density at radius 1 is 1.30 bits per heavy atom. The van der Waals surface area contributed by atoms with Gasteiger partial charge in [0.05, 0.1) is 6.61 Å². The van der Waals surface area contributed by atoms with Gasteiger partial charge in [-0.05, 0) is 43.9 Å². The van der Waals surface area contributed by atoms with Crippen LogP contribution in [-0.4, -0.2) is 25.6 Å². The zero-order valence-corrected chi connectivity index (χ0v) is 12.3. The van der Waals surface area contributed by atoms with Crippen molar-refractivity contribution in [2.45, 2.75) is 32.6 Å². The van der Waals surface area contributed by atoms with E-state index in [1.165, 1.54) is 0 Å². The van der Waals surface area contributed by atoms with Crippen molar-refractivity contribution in [2.24, 2.45) is 11.7 Å². The molecule has 0 bridgehead atoms. The highest BCUT2D eigenvalue weighted by Gasteiger charge is 2.05. The number of ether oxygens (including phenoxy) is 1. The molecule has 4 heteroatoms. The molecular weight excluding hydrogens is 252 g/mol. The average molecular weight is 278 g/mol. The minimum Gasteiger partial charge on any atom is -0.494 e. The largest absolute Gasteiger partial charge is 0.494 e. The van der Waals surface area contributed by atoms with E-state index in [0.29, 0.717) is 32.0 Å². The molecule has 112 valence electrons. The summed E-state index contributed by atoms with van der Waals surface area (Å²) < 4.78 is 5.55.